The Morgan fingerprint density at radius 1 is 1.29 bits per heavy atom. The topological polar surface area (TPSA) is 29.1 Å². The SMILES string of the molecule is CCC1NC(=O)CC12CCC(C(C)(C)C)CC2. The smallest absolute Gasteiger partial charge is 0.220 e. The van der Waals surface area contributed by atoms with E-state index >= 15 is 0 Å². The second-order valence-electron chi connectivity index (χ2n) is 7.21. The fourth-order valence-electron chi connectivity index (χ4n) is 3.96. The number of hydrogen-bond donors (Lipinski definition) is 1. The van der Waals surface area contributed by atoms with Crippen molar-refractivity contribution >= 4 is 5.91 Å². The summed E-state index contributed by atoms with van der Waals surface area (Å²) in [5.74, 6) is 1.12. The second kappa shape index (κ2) is 4.29. The molecule has 1 saturated heterocycles. The molecule has 2 heteroatoms. The van der Waals surface area contributed by atoms with E-state index in [1.54, 1.807) is 0 Å². The van der Waals surface area contributed by atoms with E-state index in [4.69, 9.17) is 0 Å². The van der Waals surface area contributed by atoms with Crippen LogP contribution in [0.25, 0.3) is 0 Å². The summed E-state index contributed by atoms with van der Waals surface area (Å²) >= 11 is 0. The molecule has 2 nitrogen and oxygen atoms in total. The first-order valence-corrected chi connectivity index (χ1v) is 7.17. The highest BCUT2D eigenvalue weighted by Gasteiger charge is 2.48. The summed E-state index contributed by atoms with van der Waals surface area (Å²) in [6.45, 7) is 9.26. The van der Waals surface area contributed by atoms with Gasteiger partial charge in [-0.05, 0) is 48.9 Å². The molecule has 1 amide bonds. The molecule has 0 aromatic carbocycles. The van der Waals surface area contributed by atoms with Crippen molar-refractivity contribution in [2.45, 2.75) is 72.3 Å². The summed E-state index contributed by atoms with van der Waals surface area (Å²) in [7, 11) is 0. The maximum absolute atomic E-state index is 11.7. The number of amides is 1. The van der Waals surface area contributed by atoms with Crippen molar-refractivity contribution in [3.8, 4) is 0 Å². The van der Waals surface area contributed by atoms with E-state index < -0.39 is 0 Å². The number of nitrogens with one attached hydrogen (secondary N) is 1. The predicted octanol–water partition coefficient (Wildman–Crippen LogP) is 3.51. The molecule has 1 saturated carbocycles. The average molecular weight is 237 g/mol. The Hall–Kier alpha value is -0.530. The molecule has 98 valence electrons. The molecule has 1 aliphatic carbocycles. The first-order chi connectivity index (χ1) is 7.87. The molecule has 0 radical (unpaired) electrons. The molecule has 0 aromatic heterocycles. The number of carbonyl (C=O) groups excluding carboxylic acids is 1. The minimum atomic E-state index is 0.283. The maximum Gasteiger partial charge on any atom is 0.220 e. The largest absolute Gasteiger partial charge is 0.353 e. The summed E-state index contributed by atoms with van der Waals surface area (Å²) in [5, 5.41) is 3.18. The summed E-state index contributed by atoms with van der Waals surface area (Å²) < 4.78 is 0. The lowest BCUT2D eigenvalue weighted by Gasteiger charge is -2.44. The van der Waals surface area contributed by atoms with Crippen LogP contribution in [0.5, 0.6) is 0 Å². The van der Waals surface area contributed by atoms with Crippen molar-refractivity contribution in [1.29, 1.82) is 0 Å². The minimum Gasteiger partial charge on any atom is -0.353 e. The molecule has 0 aromatic rings. The van der Waals surface area contributed by atoms with Gasteiger partial charge in [-0.15, -0.1) is 0 Å². The van der Waals surface area contributed by atoms with E-state index in [0.29, 0.717) is 16.9 Å². The van der Waals surface area contributed by atoms with Crippen molar-refractivity contribution in [3.05, 3.63) is 0 Å². The van der Waals surface area contributed by atoms with Crippen molar-refractivity contribution < 1.29 is 4.79 Å². The molecule has 1 aliphatic heterocycles. The second-order valence-corrected chi connectivity index (χ2v) is 7.21. The van der Waals surface area contributed by atoms with Gasteiger partial charge < -0.3 is 5.32 Å². The molecule has 1 heterocycles. The summed E-state index contributed by atoms with van der Waals surface area (Å²) in [5.41, 5.74) is 0.729. The van der Waals surface area contributed by atoms with E-state index in [1.807, 2.05) is 0 Å². The molecular formula is C15H27NO. The van der Waals surface area contributed by atoms with Crippen LogP contribution < -0.4 is 5.32 Å². The highest BCUT2D eigenvalue weighted by atomic mass is 16.2. The zero-order valence-corrected chi connectivity index (χ0v) is 11.8. The molecule has 2 aliphatic rings. The molecular weight excluding hydrogens is 210 g/mol. The Labute approximate surface area is 106 Å². The summed E-state index contributed by atoms with van der Waals surface area (Å²) in [6.07, 6.45) is 6.95. The molecule has 2 rings (SSSR count). The zero-order valence-electron chi connectivity index (χ0n) is 11.8. The van der Waals surface area contributed by atoms with Crippen molar-refractivity contribution in [2.24, 2.45) is 16.7 Å². The van der Waals surface area contributed by atoms with E-state index in [0.717, 1.165) is 18.8 Å². The normalized spacial score (nSPS) is 38.5. The fraction of sp³-hybridized carbons (Fsp3) is 0.933. The fourth-order valence-corrected chi connectivity index (χ4v) is 3.96. The van der Waals surface area contributed by atoms with Gasteiger partial charge in [0, 0.05) is 12.5 Å². The molecule has 0 bridgehead atoms. The summed E-state index contributed by atoms with van der Waals surface area (Å²) in [6, 6.07) is 0.441. The van der Waals surface area contributed by atoms with Crippen LogP contribution >= 0.6 is 0 Å². The van der Waals surface area contributed by atoms with Gasteiger partial charge in [-0.2, -0.15) is 0 Å². The number of rotatable bonds is 1. The first kappa shape index (κ1) is 12.9. The lowest BCUT2D eigenvalue weighted by molar-refractivity contribution is -0.120. The average Bonchev–Trinajstić information content (AvgIpc) is 2.54. The molecule has 1 unspecified atom stereocenters. The van der Waals surface area contributed by atoms with E-state index in [1.165, 1.54) is 25.7 Å². The Morgan fingerprint density at radius 3 is 2.35 bits per heavy atom. The maximum atomic E-state index is 11.7. The minimum absolute atomic E-state index is 0.283. The Morgan fingerprint density at radius 2 is 1.88 bits per heavy atom. The third-order valence-corrected chi connectivity index (χ3v) is 5.20. The van der Waals surface area contributed by atoms with Gasteiger partial charge >= 0.3 is 0 Å². The van der Waals surface area contributed by atoms with E-state index in [-0.39, 0.29) is 5.91 Å². The van der Waals surface area contributed by atoms with Gasteiger partial charge in [-0.3, -0.25) is 4.79 Å². The monoisotopic (exact) mass is 237 g/mol. The summed E-state index contributed by atoms with van der Waals surface area (Å²) in [4.78, 5) is 11.7. The van der Waals surface area contributed by atoms with Crippen LogP contribution in [0.1, 0.15) is 66.2 Å². The van der Waals surface area contributed by atoms with Crippen LogP contribution in [0.3, 0.4) is 0 Å². The Bertz CT molecular complexity index is 295. The van der Waals surface area contributed by atoms with Crippen molar-refractivity contribution in [1.82, 2.24) is 5.32 Å². The van der Waals surface area contributed by atoms with Gasteiger partial charge in [0.25, 0.3) is 0 Å². The van der Waals surface area contributed by atoms with Crippen LogP contribution in [0.4, 0.5) is 0 Å². The quantitative estimate of drug-likeness (QED) is 0.743. The van der Waals surface area contributed by atoms with Crippen molar-refractivity contribution in [3.63, 3.8) is 0 Å². The van der Waals surface area contributed by atoms with Gasteiger partial charge in [-0.25, -0.2) is 0 Å². The lowest BCUT2D eigenvalue weighted by atomic mass is 9.61. The predicted molar refractivity (Wildman–Crippen MR) is 70.7 cm³/mol. The highest BCUT2D eigenvalue weighted by Crippen LogP contribution is 2.51. The standard InChI is InChI=1S/C15H27NO/c1-5-12-15(10-13(17)16-12)8-6-11(7-9-15)14(2,3)4/h11-12H,5-10H2,1-4H3,(H,16,17). The van der Waals surface area contributed by atoms with Gasteiger partial charge in [0.05, 0.1) is 0 Å². The zero-order chi connectivity index (χ0) is 12.7. The number of hydrogen-bond acceptors (Lipinski definition) is 1. The molecule has 17 heavy (non-hydrogen) atoms. The molecule has 1 atom stereocenters. The van der Waals surface area contributed by atoms with Crippen LogP contribution in [0, 0.1) is 16.7 Å². The van der Waals surface area contributed by atoms with Crippen LogP contribution in [0.2, 0.25) is 0 Å². The third-order valence-electron chi connectivity index (χ3n) is 5.20. The van der Waals surface area contributed by atoms with Crippen molar-refractivity contribution in [2.75, 3.05) is 0 Å². The first-order valence-electron chi connectivity index (χ1n) is 7.17. The number of carbonyl (C=O) groups is 1. The Kier molecular flexibility index (Phi) is 3.26. The van der Waals surface area contributed by atoms with E-state index in [9.17, 15) is 4.79 Å². The third kappa shape index (κ3) is 2.36. The van der Waals surface area contributed by atoms with Gasteiger partial charge in [0.2, 0.25) is 5.91 Å². The van der Waals surface area contributed by atoms with Gasteiger partial charge in [0.15, 0.2) is 0 Å². The molecule has 1 spiro atoms. The Balaban J connectivity index is 2.04. The van der Waals surface area contributed by atoms with Crippen LogP contribution in [0.15, 0.2) is 0 Å². The van der Waals surface area contributed by atoms with Crippen LogP contribution in [-0.4, -0.2) is 11.9 Å². The molecule has 2 fully saturated rings. The van der Waals surface area contributed by atoms with Gasteiger partial charge in [-0.1, -0.05) is 27.7 Å². The lowest BCUT2D eigenvalue weighted by Crippen LogP contribution is -2.41. The van der Waals surface area contributed by atoms with Gasteiger partial charge in [0.1, 0.15) is 0 Å². The molecule has 1 N–H and O–H groups in total. The highest BCUT2D eigenvalue weighted by molar-refractivity contribution is 5.80. The van der Waals surface area contributed by atoms with Crippen LogP contribution in [-0.2, 0) is 4.79 Å². The van der Waals surface area contributed by atoms with E-state index in [2.05, 4.69) is 33.0 Å².